The Morgan fingerprint density at radius 1 is 1.04 bits per heavy atom. The minimum atomic E-state index is -4.70. The van der Waals surface area contributed by atoms with Gasteiger partial charge in [0.2, 0.25) is 0 Å². The number of benzene rings is 2. The molecule has 24 heavy (non-hydrogen) atoms. The molecule has 0 fully saturated rings. The third kappa shape index (κ3) is 5.40. The number of aliphatic hydroxyl groups is 1. The predicted molar refractivity (Wildman–Crippen MR) is 85.7 cm³/mol. The molecule has 0 aliphatic rings. The van der Waals surface area contributed by atoms with Crippen molar-refractivity contribution >= 4 is 11.6 Å². The first-order valence-electron chi connectivity index (χ1n) is 7.24. The van der Waals surface area contributed by atoms with Crippen LogP contribution < -0.4 is 0 Å². The molecule has 0 amide bonds. The Kier molecular flexibility index (Phi) is 6.10. The lowest BCUT2D eigenvalue weighted by Crippen LogP contribution is -2.40. The zero-order valence-electron chi connectivity index (χ0n) is 12.7. The summed E-state index contributed by atoms with van der Waals surface area (Å²) in [7, 11) is 0. The van der Waals surface area contributed by atoms with E-state index in [1.165, 1.54) is 23.1 Å². The standard InChI is InChI=1S/C17H17ClF3NO2/c18-15-7-6-14(23)8-13(15)10-22(11-16(24)17(19,20)21)9-12-4-2-1-3-5-12/h1-8,16,23-24H,9-11H2. The first-order chi connectivity index (χ1) is 11.3. The summed E-state index contributed by atoms with van der Waals surface area (Å²) in [5.74, 6) is -0.0227. The number of aliphatic hydroxyl groups excluding tert-OH is 1. The van der Waals surface area contributed by atoms with Crippen molar-refractivity contribution in [3.63, 3.8) is 0 Å². The lowest BCUT2D eigenvalue weighted by Gasteiger charge is -2.26. The van der Waals surface area contributed by atoms with Crippen molar-refractivity contribution in [1.29, 1.82) is 0 Å². The molecule has 0 aliphatic heterocycles. The first kappa shape index (κ1) is 18.6. The number of alkyl halides is 3. The van der Waals surface area contributed by atoms with Crippen LogP contribution in [0.2, 0.25) is 5.02 Å². The van der Waals surface area contributed by atoms with E-state index < -0.39 is 18.8 Å². The van der Waals surface area contributed by atoms with E-state index in [4.69, 9.17) is 11.6 Å². The molecule has 2 aromatic carbocycles. The van der Waals surface area contributed by atoms with Gasteiger partial charge in [-0.3, -0.25) is 4.90 Å². The van der Waals surface area contributed by atoms with Crippen LogP contribution in [-0.4, -0.2) is 33.9 Å². The second-order valence-corrected chi connectivity index (χ2v) is 5.90. The highest BCUT2D eigenvalue weighted by Crippen LogP contribution is 2.25. The predicted octanol–water partition coefficient (Wildman–Crippen LogP) is 3.97. The number of halogens is 4. The smallest absolute Gasteiger partial charge is 0.415 e. The third-order valence-electron chi connectivity index (χ3n) is 3.48. The maximum atomic E-state index is 12.7. The van der Waals surface area contributed by atoms with Crippen LogP contribution in [-0.2, 0) is 13.1 Å². The average Bonchev–Trinajstić information content (AvgIpc) is 2.51. The topological polar surface area (TPSA) is 43.7 Å². The van der Waals surface area contributed by atoms with Gasteiger partial charge in [-0.05, 0) is 29.3 Å². The van der Waals surface area contributed by atoms with Gasteiger partial charge in [-0.15, -0.1) is 0 Å². The van der Waals surface area contributed by atoms with E-state index in [9.17, 15) is 23.4 Å². The molecule has 2 aromatic rings. The Labute approximate surface area is 142 Å². The maximum Gasteiger partial charge on any atom is 0.415 e. The first-order valence-corrected chi connectivity index (χ1v) is 7.62. The Morgan fingerprint density at radius 3 is 2.33 bits per heavy atom. The molecule has 3 nitrogen and oxygen atoms in total. The highest BCUT2D eigenvalue weighted by atomic mass is 35.5. The Balaban J connectivity index is 2.20. The fourth-order valence-corrected chi connectivity index (χ4v) is 2.48. The summed E-state index contributed by atoms with van der Waals surface area (Å²) in [5, 5.41) is 19.3. The van der Waals surface area contributed by atoms with Crippen LogP contribution in [0.1, 0.15) is 11.1 Å². The van der Waals surface area contributed by atoms with Crippen LogP contribution in [0.15, 0.2) is 48.5 Å². The molecule has 0 aromatic heterocycles. The quantitative estimate of drug-likeness (QED) is 0.820. The molecule has 0 aliphatic carbocycles. The van der Waals surface area contributed by atoms with Crippen LogP contribution >= 0.6 is 11.6 Å². The van der Waals surface area contributed by atoms with E-state index in [0.717, 1.165) is 5.56 Å². The SMILES string of the molecule is Oc1ccc(Cl)c(CN(Cc2ccccc2)CC(O)C(F)(F)F)c1. The van der Waals surface area contributed by atoms with Gasteiger partial charge in [0.25, 0.3) is 0 Å². The molecule has 0 heterocycles. The fraction of sp³-hybridized carbons (Fsp3) is 0.294. The maximum absolute atomic E-state index is 12.7. The lowest BCUT2D eigenvalue weighted by molar-refractivity contribution is -0.208. The van der Waals surface area contributed by atoms with Gasteiger partial charge >= 0.3 is 6.18 Å². The van der Waals surface area contributed by atoms with Crippen molar-refractivity contribution in [3.05, 3.63) is 64.7 Å². The Hall–Kier alpha value is -1.76. The molecule has 130 valence electrons. The van der Waals surface area contributed by atoms with Crippen LogP contribution in [0.4, 0.5) is 13.2 Å². The van der Waals surface area contributed by atoms with Crippen LogP contribution in [0.25, 0.3) is 0 Å². The van der Waals surface area contributed by atoms with Gasteiger partial charge in [0, 0.05) is 24.7 Å². The normalized spacial score (nSPS) is 13.2. The van der Waals surface area contributed by atoms with Crippen LogP contribution in [0.5, 0.6) is 5.75 Å². The summed E-state index contributed by atoms with van der Waals surface area (Å²) in [5.41, 5.74) is 1.30. The van der Waals surface area contributed by atoms with E-state index in [-0.39, 0.29) is 18.8 Å². The van der Waals surface area contributed by atoms with Gasteiger partial charge in [0.1, 0.15) is 5.75 Å². The minimum Gasteiger partial charge on any atom is -0.508 e. The molecule has 0 saturated heterocycles. The summed E-state index contributed by atoms with van der Waals surface area (Å²) in [6, 6.07) is 13.2. The number of nitrogens with zero attached hydrogens (tertiary/aromatic N) is 1. The summed E-state index contributed by atoms with van der Waals surface area (Å²) in [6.45, 7) is -0.320. The average molecular weight is 360 g/mol. The number of rotatable bonds is 6. The largest absolute Gasteiger partial charge is 0.508 e. The second kappa shape index (κ2) is 7.88. The van der Waals surface area contributed by atoms with E-state index in [0.29, 0.717) is 10.6 Å². The molecule has 2 N–H and O–H groups in total. The summed E-state index contributed by atoms with van der Waals surface area (Å²) < 4.78 is 38.1. The number of hydrogen-bond donors (Lipinski definition) is 2. The molecule has 0 spiro atoms. The zero-order chi connectivity index (χ0) is 17.7. The van der Waals surface area contributed by atoms with Gasteiger partial charge < -0.3 is 10.2 Å². The van der Waals surface area contributed by atoms with Gasteiger partial charge in [-0.1, -0.05) is 41.9 Å². The molecular weight excluding hydrogens is 343 g/mol. The van der Waals surface area contributed by atoms with Crippen molar-refractivity contribution < 1.29 is 23.4 Å². The van der Waals surface area contributed by atoms with Crippen molar-refractivity contribution in [1.82, 2.24) is 4.90 Å². The molecule has 2 rings (SSSR count). The molecule has 0 bridgehead atoms. The number of phenolic OH excluding ortho intramolecular Hbond substituents is 1. The fourth-order valence-electron chi connectivity index (χ4n) is 2.30. The van der Waals surface area contributed by atoms with Gasteiger partial charge in [-0.2, -0.15) is 13.2 Å². The Bertz CT molecular complexity index is 665. The van der Waals surface area contributed by atoms with Crippen LogP contribution in [0, 0.1) is 0 Å². The molecule has 0 radical (unpaired) electrons. The molecular formula is C17H17ClF3NO2. The molecule has 0 saturated carbocycles. The zero-order valence-corrected chi connectivity index (χ0v) is 13.4. The number of hydrogen-bond acceptors (Lipinski definition) is 3. The molecule has 1 atom stereocenters. The van der Waals surface area contributed by atoms with E-state index in [1.54, 1.807) is 24.3 Å². The minimum absolute atomic E-state index is 0.0227. The van der Waals surface area contributed by atoms with Gasteiger partial charge in [-0.25, -0.2) is 0 Å². The monoisotopic (exact) mass is 359 g/mol. The highest BCUT2D eigenvalue weighted by molar-refractivity contribution is 6.31. The highest BCUT2D eigenvalue weighted by Gasteiger charge is 2.39. The molecule has 7 heteroatoms. The summed E-state index contributed by atoms with van der Waals surface area (Å²) in [4.78, 5) is 1.44. The van der Waals surface area contributed by atoms with E-state index in [2.05, 4.69) is 0 Å². The second-order valence-electron chi connectivity index (χ2n) is 5.49. The van der Waals surface area contributed by atoms with Crippen molar-refractivity contribution in [2.75, 3.05) is 6.54 Å². The summed E-state index contributed by atoms with van der Waals surface area (Å²) >= 11 is 6.05. The van der Waals surface area contributed by atoms with E-state index >= 15 is 0 Å². The lowest BCUT2D eigenvalue weighted by atomic mass is 10.1. The number of aromatic hydroxyl groups is 1. The van der Waals surface area contributed by atoms with Crippen LogP contribution in [0.3, 0.4) is 0 Å². The van der Waals surface area contributed by atoms with Gasteiger partial charge in [0.05, 0.1) is 0 Å². The van der Waals surface area contributed by atoms with Crippen molar-refractivity contribution in [2.24, 2.45) is 0 Å². The number of phenols is 1. The van der Waals surface area contributed by atoms with Crippen molar-refractivity contribution in [2.45, 2.75) is 25.4 Å². The third-order valence-corrected chi connectivity index (χ3v) is 3.85. The Morgan fingerprint density at radius 2 is 1.71 bits per heavy atom. The molecule has 1 unspecified atom stereocenters. The van der Waals surface area contributed by atoms with Gasteiger partial charge in [0.15, 0.2) is 6.10 Å². The van der Waals surface area contributed by atoms with Crippen molar-refractivity contribution in [3.8, 4) is 5.75 Å². The van der Waals surface area contributed by atoms with E-state index in [1.807, 2.05) is 6.07 Å². The summed E-state index contributed by atoms with van der Waals surface area (Å²) in [6.07, 6.45) is -7.16.